The Kier molecular flexibility index (Phi) is 9.29. The molecular formula is C18H27BrFIN4O. The van der Waals surface area contributed by atoms with Gasteiger partial charge in [-0.25, -0.2) is 4.39 Å². The molecule has 1 aromatic carbocycles. The van der Waals surface area contributed by atoms with Gasteiger partial charge in [0.15, 0.2) is 5.96 Å². The maximum Gasteiger partial charge on any atom is 0.230 e. The highest BCUT2D eigenvalue weighted by atomic mass is 127. The molecule has 0 unspecified atom stereocenters. The smallest absolute Gasteiger partial charge is 0.230 e. The lowest BCUT2D eigenvalue weighted by Gasteiger charge is -2.31. The van der Waals surface area contributed by atoms with Gasteiger partial charge in [0.2, 0.25) is 5.91 Å². The molecule has 2 N–H and O–H groups in total. The number of guanidine groups is 1. The molecule has 1 amide bonds. The number of aliphatic imine (C=N–C) groups is 1. The van der Waals surface area contributed by atoms with Gasteiger partial charge in [-0.1, -0.05) is 28.8 Å². The van der Waals surface area contributed by atoms with Gasteiger partial charge in [-0.05, 0) is 36.6 Å². The standard InChI is InChI=1S/C18H26BrFN4O.HI/c1-21-17(22-11-13-8-14(19)10-15(20)9-13)23-12-18(6-4-5-7-18)16(25)24(2)3;/h8-10H,4-7,11-12H2,1-3H3,(H2,21,22,23);1H. The summed E-state index contributed by atoms with van der Waals surface area (Å²) >= 11 is 3.29. The third-order valence-electron chi connectivity index (χ3n) is 4.62. The Labute approximate surface area is 180 Å². The van der Waals surface area contributed by atoms with Crippen LogP contribution in [0.1, 0.15) is 31.2 Å². The summed E-state index contributed by atoms with van der Waals surface area (Å²) in [5.41, 5.74) is 0.456. The number of amides is 1. The van der Waals surface area contributed by atoms with E-state index in [-0.39, 0.29) is 41.1 Å². The number of nitrogens with zero attached hydrogens (tertiary/aromatic N) is 2. The summed E-state index contributed by atoms with van der Waals surface area (Å²) in [6.07, 6.45) is 3.94. The van der Waals surface area contributed by atoms with Crippen molar-refractivity contribution < 1.29 is 9.18 Å². The van der Waals surface area contributed by atoms with E-state index < -0.39 is 0 Å². The second-order valence-electron chi connectivity index (χ2n) is 6.74. The van der Waals surface area contributed by atoms with Gasteiger partial charge >= 0.3 is 0 Å². The first-order valence-electron chi connectivity index (χ1n) is 8.47. The largest absolute Gasteiger partial charge is 0.355 e. The van der Waals surface area contributed by atoms with E-state index in [2.05, 4.69) is 31.6 Å². The van der Waals surface area contributed by atoms with Crippen molar-refractivity contribution in [1.82, 2.24) is 15.5 Å². The van der Waals surface area contributed by atoms with Crippen LogP contribution >= 0.6 is 39.9 Å². The Morgan fingerprint density at radius 2 is 1.92 bits per heavy atom. The van der Waals surface area contributed by atoms with Crippen molar-refractivity contribution in [2.24, 2.45) is 10.4 Å². The highest BCUT2D eigenvalue weighted by molar-refractivity contribution is 14.0. The van der Waals surface area contributed by atoms with Crippen LogP contribution in [0.15, 0.2) is 27.7 Å². The van der Waals surface area contributed by atoms with Crippen LogP contribution in [-0.2, 0) is 11.3 Å². The van der Waals surface area contributed by atoms with Gasteiger partial charge in [0, 0.05) is 38.7 Å². The minimum absolute atomic E-state index is 0. The Morgan fingerprint density at radius 3 is 2.46 bits per heavy atom. The summed E-state index contributed by atoms with van der Waals surface area (Å²) in [5.74, 6) is 0.496. The number of benzene rings is 1. The maximum atomic E-state index is 13.5. The lowest BCUT2D eigenvalue weighted by atomic mass is 9.84. The van der Waals surface area contributed by atoms with Crippen LogP contribution < -0.4 is 10.6 Å². The van der Waals surface area contributed by atoms with E-state index in [0.717, 1.165) is 31.2 Å². The molecule has 2 rings (SSSR count). The van der Waals surface area contributed by atoms with E-state index >= 15 is 0 Å². The van der Waals surface area contributed by atoms with Gasteiger partial charge in [0.05, 0.1) is 5.41 Å². The van der Waals surface area contributed by atoms with Gasteiger partial charge in [-0.3, -0.25) is 9.79 Å². The minimum atomic E-state index is -0.358. The van der Waals surface area contributed by atoms with E-state index in [1.165, 1.54) is 12.1 Å². The fraction of sp³-hybridized carbons (Fsp3) is 0.556. The zero-order chi connectivity index (χ0) is 18.4. The highest BCUT2D eigenvalue weighted by Gasteiger charge is 2.42. The first-order chi connectivity index (χ1) is 11.9. The predicted molar refractivity (Wildman–Crippen MR) is 117 cm³/mol. The third-order valence-corrected chi connectivity index (χ3v) is 5.08. The van der Waals surface area contributed by atoms with Crippen molar-refractivity contribution in [1.29, 1.82) is 0 Å². The van der Waals surface area contributed by atoms with Crippen LogP contribution in [0, 0.1) is 11.2 Å². The number of carbonyl (C=O) groups is 1. The molecule has 1 aliphatic carbocycles. The van der Waals surface area contributed by atoms with Crippen LogP contribution in [0.25, 0.3) is 0 Å². The van der Waals surface area contributed by atoms with Gasteiger partial charge in [-0.2, -0.15) is 0 Å². The summed E-state index contributed by atoms with van der Waals surface area (Å²) in [6.45, 7) is 1.00. The van der Waals surface area contributed by atoms with Crippen molar-refractivity contribution in [2.75, 3.05) is 27.7 Å². The second-order valence-corrected chi connectivity index (χ2v) is 7.66. The lowest BCUT2D eigenvalue weighted by Crippen LogP contribution is -2.49. The van der Waals surface area contributed by atoms with Crippen molar-refractivity contribution in [3.05, 3.63) is 34.1 Å². The van der Waals surface area contributed by atoms with E-state index in [4.69, 9.17) is 0 Å². The molecule has 1 saturated carbocycles. The van der Waals surface area contributed by atoms with Crippen LogP contribution in [0.4, 0.5) is 4.39 Å². The summed E-state index contributed by atoms with van der Waals surface area (Å²) in [5, 5.41) is 6.45. The van der Waals surface area contributed by atoms with Crippen LogP contribution in [-0.4, -0.2) is 44.5 Å². The average Bonchev–Trinajstić information content (AvgIpc) is 3.03. The second kappa shape index (κ2) is 10.4. The Balaban J connectivity index is 0.00000338. The van der Waals surface area contributed by atoms with E-state index in [9.17, 15) is 9.18 Å². The molecule has 0 heterocycles. The van der Waals surface area contributed by atoms with Crippen molar-refractivity contribution in [3.8, 4) is 0 Å². The fourth-order valence-corrected chi connectivity index (χ4v) is 3.88. The van der Waals surface area contributed by atoms with Crippen molar-refractivity contribution >= 4 is 51.8 Å². The van der Waals surface area contributed by atoms with E-state index in [1.54, 1.807) is 26.0 Å². The van der Waals surface area contributed by atoms with Gasteiger partial charge in [0.25, 0.3) is 0 Å². The number of carbonyl (C=O) groups excluding carboxylic acids is 1. The first-order valence-corrected chi connectivity index (χ1v) is 9.27. The maximum absolute atomic E-state index is 13.5. The van der Waals surface area contributed by atoms with E-state index in [0.29, 0.717) is 23.5 Å². The number of hydrogen-bond acceptors (Lipinski definition) is 2. The molecule has 5 nitrogen and oxygen atoms in total. The molecule has 0 aromatic heterocycles. The molecule has 146 valence electrons. The fourth-order valence-electron chi connectivity index (χ4n) is 3.36. The first kappa shape index (κ1) is 23.1. The van der Waals surface area contributed by atoms with Crippen LogP contribution in [0.5, 0.6) is 0 Å². The molecule has 1 fully saturated rings. The molecule has 0 spiro atoms. The monoisotopic (exact) mass is 540 g/mol. The Bertz CT molecular complexity index is 628. The number of hydrogen-bond donors (Lipinski definition) is 2. The molecule has 1 aliphatic rings. The molecule has 0 saturated heterocycles. The average molecular weight is 541 g/mol. The molecule has 0 radical (unpaired) electrons. The minimum Gasteiger partial charge on any atom is -0.355 e. The molecule has 0 bridgehead atoms. The topological polar surface area (TPSA) is 56.7 Å². The summed E-state index contributed by atoms with van der Waals surface area (Å²) in [7, 11) is 5.29. The molecular weight excluding hydrogens is 514 g/mol. The van der Waals surface area contributed by atoms with Crippen molar-refractivity contribution in [3.63, 3.8) is 0 Å². The quantitative estimate of drug-likeness (QED) is 0.341. The molecule has 26 heavy (non-hydrogen) atoms. The van der Waals surface area contributed by atoms with Gasteiger partial charge in [0.1, 0.15) is 5.82 Å². The number of rotatable bonds is 5. The van der Waals surface area contributed by atoms with Crippen LogP contribution in [0.2, 0.25) is 0 Å². The zero-order valence-electron chi connectivity index (χ0n) is 15.4. The normalized spacial score (nSPS) is 16.0. The number of halogens is 3. The Morgan fingerprint density at radius 1 is 1.27 bits per heavy atom. The third kappa shape index (κ3) is 6.07. The highest BCUT2D eigenvalue weighted by Crippen LogP contribution is 2.38. The van der Waals surface area contributed by atoms with Crippen molar-refractivity contribution in [2.45, 2.75) is 32.2 Å². The predicted octanol–water partition coefficient (Wildman–Crippen LogP) is 3.52. The molecule has 0 atom stereocenters. The Hall–Kier alpha value is -0.900. The lowest BCUT2D eigenvalue weighted by molar-refractivity contribution is -0.138. The summed E-state index contributed by atoms with van der Waals surface area (Å²) in [4.78, 5) is 18.5. The molecule has 1 aromatic rings. The molecule has 8 heteroatoms. The summed E-state index contributed by atoms with van der Waals surface area (Å²) in [6, 6.07) is 4.77. The number of nitrogens with one attached hydrogen (secondary N) is 2. The zero-order valence-corrected chi connectivity index (χ0v) is 19.4. The SMILES string of the molecule is CN=C(NCc1cc(F)cc(Br)c1)NCC1(C(=O)N(C)C)CCCC1.I. The molecule has 0 aliphatic heterocycles. The van der Waals surface area contributed by atoms with Gasteiger partial charge in [-0.15, -0.1) is 24.0 Å². The van der Waals surface area contributed by atoms with Crippen LogP contribution in [0.3, 0.4) is 0 Å². The summed E-state index contributed by atoms with van der Waals surface area (Å²) < 4.78 is 14.2. The van der Waals surface area contributed by atoms with Gasteiger partial charge < -0.3 is 15.5 Å². The van der Waals surface area contributed by atoms with E-state index in [1.807, 2.05) is 6.07 Å².